The third-order valence-electron chi connectivity index (χ3n) is 3.64. The van der Waals surface area contributed by atoms with Crippen LogP contribution in [0.2, 0.25) is 0 Å². The molecule has 1 unspecified atom stereocenters. The summed E-state index contributed by atoms with van der Waals surface area (Å²) in [5.41, 5.74) is 0. The highest BCUT2D eigenvalue weighted by molar-refractivity contribution is 8.01. The first kappa shape index (κ1) is 15.8. The van der Waals surface area contributed by atoms with E-state index in [1.165, 1.54) is 11.8 Å². The Kier molecular flexibility index (Phi) is 5.22. The van der Waals surface area contributed by atoms with Crippen molar-refractivity contribution < 1.29 is 19.1 Å². The lowest BCUT2D eigenvalue weighted by Crippen LogP contribution is -2.50. The second kappa shape index (κ2) is 6.93. The van der Waals surface area contributed by atoms with Crippen LogP contribution in [0.3, 0.4) is 0 Å². The summed E-state index contributed by atoms with van der Waals surface area (Å²) in [5, 5.41) is 11.2. The molecule has 1 saturated carbocycles. The van der Waals surface area contributed by atoms with Crippen LogP contribution in [0.25, 0.3) is 0 Å². The second-order valence-corrected chi connectivity index (χ2v) is 6.59. The van der Waals surface area contributed by atoms with E-state index >= 15 is 0 Å². The summed E-state index contributed by atoms with van der Waals surface area (Å²) in [4.78, 5) is 24.3. The Hall–Kier alpha value is -1.56. The fourth-order valence-corrected chi connectivity index (χ4v) is 3.88. The number of benzene rings is 1. The Bertz CT molecular complexity index is 503. The Balaban J connectivity index is 2.14. The molecule has 1 aromatic carbocycles. The molecule has 0 heterocycles. The molecule has 1 amide bonds. The van der Waals surface area contributed by atoms with Crippen LogP contribution in [0.15, 0.2) is 35.2 Å². The van der Waals surface area contributed by atoms with Crippen molar-refractivity contribution in [2.24, 2.45) is 0 Å². The lowest BCUT2D eigenvalue weighted by Gasteiger charge is -2.28. The molecule has 0 saturated heterocycles. The van der Waals surface area contributed by atoms with Gasteiger partial charge >= 0.3 is 5.97 Å². The van der Waals surface area contributed by atoms with Gasteiger partial charge < -0.3 is 10.4 Å². The third-order valence-corrected chi connectivity index (χ3v) is 5.13. The number of carbonyl (C=O) groups excluding carboxylic acids is 1. The van der Waals surface area contributed by atoms with Crippen LogP contribution in [0.1, 0.15) is 25.7 Å². The van der Waals surface area contributed by atoms with Crippen molar-refractivity contribution in [1.29, 1.82) is 0 Å². The molecule has 1 aliphatic carbocycles. The molecule has 1 atom stereocenters. The van der Waals surface area contributed by atoms with Gasteiger partial charge in [-0.25, -0.2) is 9.18 Å². The SMILES string of the molecule is O=C(O)C(CF)NC(=O)C1(Sc2ccccc2)CCCC1. The number of rotatable bonds is 6. The van der Waals surface area contributed by atoms with Crippen LogP contribution in [0.5, 0.6) is 0 Å². The maximum absolute atomic E-state index is 12.7. The predicted molar refractivity (Wildman–Crippen MR) is 79.0 cm³/mol. The molecule has 6 heteroatoms. The number of alkyl halides is 1. The van der Waals surface area contributed by atoms with Crippen molar-refractivity contribution >= 4 is 23.6 Å². The average molecular weight is 311 g/mol. The maximum Gasteiger partial charge on any atom is 0.328 e. The lowest BCUT2D eigenvalue weighted by atomic mass is 10.1. The molecular formula is C15H18FNO3S. The van der Waals surface area contributed by atoms with Gasteiger partial charge in [-0.3, -0.25) is 4.79 Å². The summed E-state index contributed by atoms with van der Waals surface area (Å²) >= 11 is 1.44. The average Bonchev–Trinajstić information content (AvgIpc) is 2.95. The zero-order chi connectivity index (χ0) is 15.3. The van der Waals surface area contributed by atoms with Gasteiger partial charge in [0.25, 0.3) is 0 Å². The van der Waals surface area contributed by atoms with Crippen molar-refractivity contribution in [2.75, 3.05) is 6.67 Å². The molecular weight excluding hydrogens is 293 g/mol. The summed E-state index contributed by atoms with van der Waals surface area (Å²) in [6.45, 7) is -1.10. The molecule has 0 spiro atoms. The number of nitrogens with one attached hydrogen (secondary N) is 1. The van der Waals surface area contributed by atoms with Gasteiger partial charge in [0.05, 0.1) is 4.75 Å². The van der Waals surface area contributed by atoms with Crippen molar-refractivity contribution in [1.82, 2.24) is 5.32 Å². The fraction of sp³-hybridized carbons (Fsp3) is 0.467. The standard InChI is InChI=1S/C15H18FNO3S/c16-10-12(13(18)19)17-14(20)15(8-4-5-9-15)21-11-6-2-1-3-7-11/h1-3,6-7,12H,4-5,8-10H2,(H,17,20)(H,18,19). The van der Waals surface area contributed by atoms with Crippen molar-refractivity contribution in [2.45, 2.75) is 41.4 Å². The normalized spacial score (nSPS) is 18.1. The van der Waals surface area contributed by atoms with Gasteiger partial charge in [-0.15, -0.1) is 11.8 Å². The van der Waals surface area contributed by atoms with Crippen LogP contribution in [0, 0.1) is 0 Å². The zero-order valence-electron chi connectivity index (χ0n) is 11.5. The van der Waals surface area contributed by atoms with Crippen LogP contribution in [-0.2, 0) is 9.59 Å². The number of halogens is 1. The van der Waals surface area contributed by atoms with E-state index in [1.54, 1.807) is 0 Å². The van der Waals surface area contributed by atoms with E-state index < -0.39 is 23.4 Å². The zero-order valence-corrected chi connectivity index (χ0v) is 12.4. The van der Waals surface area contributed by atoms with Gasteiger partial charge in [0.1, 0.15) is 6.67 Å². The molecule has 0 aromatic heterocycles. The highest BCUT2D eigenvalue weighted by Crippen LogP contribution is 2.45. The van der Waals surface area contributed by atoms with E-state index in [0.29, 0.717) is 12.8 Å². The topological polar surface area (TPSA) is 66.4 Å². The summed E-state index contributed by atoms with van der Waals surface area (Å²) < 4.78 is 12.0. The van der Waals surface area contributed by atoms with Crippen molar-refractivity contribution in [3.8, 4) is 0 Å². The van der Waals surface area contributed by atoms with Gasteiger partial charge in [0.2, 0.25) is 5.91 Å². The monoisotopic (exact) mass is 311 g/mol. The van der Waals surface area contributed by atoms with E-state index in [1.807, 2.05) is 30.3 Å². The number of carboxylic acid groups (broad SMARTS) is 1. The summed E-state index contributed by atoms with van der Waals surface area (Å²) in [7, 11) is 0. The summed E-state index contributed by atoms with van der Waals surface area (Å²) in [5.74, 6) is -1.72. The summed E-state index contributed by atoms with van der Waals surface area (Å²) in [6.07, 6.45) is 3.19. The Morgan fingerprint density at radius 2 is 1.90 bits per heavy atom. The van der Waals surface area contributed by atoms with Crippen molar-refractivity contribution in [3.63, 3.8) is 0 Å². The second-order valence-electron chi connectivity index (χ2n) is 5.14. The molecule has 0 bridgehead atoms. The van der Waals surface area contributed by atoms with Gasteiger partial charge in [-0.1, -0.05) is 31.0 Å². The van der Waals surface area contributed by atoms with Gasteiger partial charge in [-0.05, 0) is 25.0 Å². The largest absolute Gasteiger partial charge is 0.480 e. The van der Waals surface area contributed by atoms with E-state index in [0.717, 1.165) is 17.7 Å². The molecule has 2 rings (SSSR count). The number of carboxylic acids is 1. The fourth-order valence-electron chi connectivity index (χ4n) is 2.49. The number of thioether (sulfide) groups is 1. The quantitative estimate of drug-likeness (QED) is 0.847. The molecule has 4 nitrogen and oxygen atoms in total. The van der Waals surface area contributed by atoms with E-state index in [9.17, 15) is 14.0 Å². The smallest absolute Gasteiger partial charge is 0.328 e. The highest BCUT2D eigenvalue weighted by Gasteiger charge is 2.43. The highest BCUT2D eigenvalue weighted by atomic mass is 32.2. The molecule has 1 aromatic rings. The maximum atomic E-state index is 12.7. The predicted octanol–water partition coefficient (Wildman–Crippen LogP) is 2.63. The Morgan fingerprint density at radius 1 is 1.29 bits per heavy atom. The number of carbonyl (C=O) groups is 2. The van der Waals surface area contributed by atoms with Gasteiger partial charge in [-0.2, -0.15) is 0 Å². The number of hydrogen-bond acceptors (Lipinski definition) is 3. The first-order valence-corrected chi connectivity index (χ1v) is 7.73. The lowest BCUT2D eigenvalue weighted by molar-refractivity contribution is -0.142. The van der Waals surface area contributed by atoms with Crippen LogP contribution < -0.4 is 5.32 Å². The molecule has 2 N–H and O–H groups in total. The molecule has 114 valence electrons. The molecule has 0 radical (unpaired) electrons. The number of amides is 1. The van der Waals surface area contributed by atoms with Crippen LogP contribution in [-0.4, -0.2) is 34.4 Å². The van der Waals surface area contributed by atoms with Crippen LogP contribution in [0.4, 0.5) is 4.39 Å². The molecule has 0 aliphatic heterocycles. The molecule has 1 aliphatic rings. The minimum Gasteiger partial charge on any atom is -0.480 e. The molecule has 1 fully saturated rings. The third kappa shape index (κ3) is 3.75. The van der Waals surface area contributed by atoms with Crippen LogP contribution >= 0.6 is 11.8 Å². The van der Waals surface area contributed by atoms with E-state index in [2.05, 4.69) is 5.32 Å². The first-order chi connectivity index (χ1) is 10.1. The van der Waals surface area contributed by atoms with Gasteiger partial charge in [0, 0.05) is 4.90 Å². The Morgan fingerprint density at radius 3 is 2.43 bits per heavy atom. The van der Waals surface area contributed by atoms with Gasteiger partial charge in [0.15, 0.2) is 6.04 Å². The minimum absolute atomic E-state index is 0.376. The van der Waals surface area contributed by atoms with E-state index in [-0.39, 0.29) is 5.91 Å². The minimum atomic E-state index is -1.47. The number of hydrogen-bond donors (Lipinski definition) is 2. The van der Waals surface area contributed by atoms with Crippen molar-refractivity contribution in [3.05, 3.63) is 30.3 Å². The summed E-state index contributed by atoms with van der Waals surface area (Å²) in [6, 6.07) is 8.06. The van der Waals surface area contributed by atoms with E-state index in [4.69, 9.17) is 5.11 Å². The first-order valence-electron chi connectivity index (χ1n) is 6.91. The number of aliphatic carboxylic acids is 1. The molecule has 21 heavy (non-hydrogen) atoms. The Labute approximate surface area is 127 Å².